The number of aliphatic hydroxyl groups excluding tert-OH is 11. The van der Waals surface area contributed by atoms with Crippen LogP contribution in [-0.2, 0) is 9.59 Å². The molecule has 0 aliphatic carbocycles. The molecule has 15 nitrogen and oxygen atoms in total. The van der Waals surface area contributed by atoms with Crippen molar-refractivity contribution >= 4 is 11.9 Å². The highest BCUT2D eigenvalue weighted by molar-refractivity contribution is 5.73. The van der Waals surface area contributed by atoms with Gasteiger partial charge >= 0.3 is 5.97 Å². The Bertz CT molecular complexity index is 689. The van der Waals surface area contributed by atoms with Crippen LogP contribution in [0, 0.1) is 0 Å². The maximum Gasteiger partial charge on any atom is 0.303 e. The number of primary amides is 1. The summed E-state index contributed by atoms with van der Waals surface area (Å²) in [5, 5.41) is 95.8. The van der Waals surface area contributed by atoms with Crippen molar-refractivity contribution < 1.29 is 70.9 Å². The molecule has 0 aliphatic heterocycles. The number of hydrogen-bond acceptors (Lipinski definition) is 13. The SMILES string of the molecule is CCCCCCCCCCCCCCCCCC(=O)O.CCCCCCCCCCCCCCCCCC(N)=O.OCC(O)CO.OCC(O)CO.OCC(O)CO.OCCO. The van der Waals surface area contributed by atoms with Crippen LogP contribution in [0.4, 0.5) is 0 Å². The van der Waals surface area contributed by atoms with E-state index in [0.29, 0.717) is 12.8 Å². The second-order valence-electron chi connectivity index (χ2n) is 15.8. The monoisotopic (exact) mass is 906 g/mol. The van der Waals surface area contributed by atoms with Crippen LogP contribution >= 0.6 is 0 Å². The smallest absolute Gasteiger partial charge is 0.303 e. The number of aliphatic hydroxyl groups is 11. The van der Waals surface area contributed by atoms with Crippen LogP contribution in [0.2, 0.25) is 0 Å². The molecule has 0 atom stereocenters. The van der Waals surface area contributed by atoms with Gasteiger partial charge in [0.25, 0.3) is 0 Å². The van der Waals surface area contributed by atoms with E-state index in [2.05, 4.69) is 13.8 Å². The number of rotatable bonds is 39. The standard InChI is InChI=1S/C18H37NO.C18H36O2.3C3H8O3.C2H6O2/c2*1-2-3-4-5-6-7-8-9-10-11-12-13-14-15-16-17-18(19)20;3*4-1-3(6)2-5;3-1-2-4/h2-17H2,1H3,(H2,19,20);2-17H2,1H3,(H,19,20);3*3-6H,1-2H2;3-4H,1-2H2. The van der Waals surface area contributed by atoms with Gasteiger partial charge in [-0.25, -0.2) is 0 Å². The first-order valence-corrected chi connectivity index (χ1v) is 24.3. The lowest BCUT2D eigenvalue weighted by Gasteiger charge is -2.03. The maximum atomic E-state index is 10.6. The first kappa shape index (κ1) is 72.1. The van der Waals surface area contributed by atoms with Gasteiger partial charge < -0.3 is 67.0 Å². The van der Waals surface area contributed by atoms with Gasteiger partial charge in [-0.3, -0.25) is 9.59 Å². The first-order valence-electron chi connectivity index (χ1n) is 24.3. The number of nitrogens with two attached hydrogens (primary N) is 1. The fraction of sp³-hybridized carbons (Fsp3) is 0.957. The molecular weight excluding hydrogens is 803 g/mol. The van der Waals surface area contributed by atoms with Gasteiger partial charge in [0.15, 0.2) is 0 Å². The molecule has 0 saturated carbocycles. The summed E-state index contributed by atoms with van der Waals surface area (Å²) in [5.41, 5.74) is 5.11. The number of carbonyl (C=O) groups is 2. The van der Waals surface area contributed by atoms with E-state index in [4.69, 9.17) is 67.0 Å². The van der Waals surface area contributed by atoms with Crippen molar-refractivity contribution in [3.8, 4) is 0 Å². The molecule has 62 heavy (non-hydrogen) atoms. The summed E-state index contributed by atoms with van der Waals surface area (Å²) in [6.45, 7) is 2.11. The molecule has 0 aromatic carbocycles. The quantitative estimate of drug-likeness (QED) is 0.0314. The van der Waals surface area contributed by atoms with Crippen LogP contribution in [0.3, 0.4) is 0 Å². The van der Waals surface area contributed by atoms with Gasteiger partial charge in [0, 0.05) is 12.8 Å². The molecule has 1 amide bonds. The summed E-state index contributed by atoms with van der Waals surface area (Å²) in [6, 6.07) is 0. The van der Waals surface area contributed by atoms with Crippen LogP contribution in [-0.4, -0.2) is 144 Å². The van der Waals surface area contributed by atoms with Crippen LogP contribution in [0.15, 0.2) is 0 Å². The number of hydrogen-bond donors (Lipinski definition) is 13. The van der Waals surface area contributed by atoms with Crippen molar-refractivity contribution in [3.63, 3.8) is 0 Å². The summed E-state index contributed by atoms with van der Waals surface area (Å²) >= 11 is 0. The highest BCUT2D eigenvalue weighted by Crippen LogP contribution is 2.15. The minimum atomic E-state index is -0.954. The molecule has 0 heterocycles. The van der Waals surface area contributed by atoms with E-state index in [1.807, 2.05) is 0 Å². The number of carboxylic acid groups (broad SMARTS) is 1. The predicted octanol–water partition coefficient (Wildman–Crippen LogP) is 6.03. The van der Waals surface area contributed by atoms with Crippen LogP contribution in [0.5, 0.6) is 0 Å². The van der Waals surface area contributed by atoms with Crippen molar-refractivity contribution in [1.82, 2.24) is 0 Å². The number of aliphatic carboxylic acids is 1. The molecule has 0 unspecified atom stereocenters. The third-order valence-corrected chi connectivity index (χ3v) is 9.39. The Kier molecular flexibility index (Phi) is 82.7. The van der Waals surface area contributed by atoms with Gasteiger partial charge in [0.05, 0.1) is 52.9 Å². The lowest BCUT2D eigenvalue weighted by Crippen LogP contribution is -2.15. The maximum absolute atomic E-state index is 10.6. The highest BCUT2D eigenvalue weighted by atomic mass is 16.4. The minimum absolute atomic E-state index is 0.125. The zero-order valence-corrected chi connectivity index (χ0v) is 39.8. The first-order chi connectivity index (χ1) is 29.9. The van der Waals surface area contributed by atoms with Crippen LogP contribution in [0.1, 0.15) is 219 Å². The molecule has 15 heteroatoms. The molecule has 14 N–H and O–H groups in total. The predicted molar refractivity (Wildman–Crippen MR) is 251 cm³/mol. The van der Waals surface area contributed by atoms with E-state index >= 15 is 0 Å². The second kappa shape index (κ2) is 71.1. The molecule has 0 aliphatic rings. The van der Waals surface area contributed by atoms with E-state index in [1.165, 1.54) is 173 Å². The van der Waals surface area contributed by atoms with E-state index in [9.17, 15) is 9.59 Å². The lowest BCUT2D eigenvalue weighted by atomic mass is 10.0. The van der Waals surface area contributed by atoms with Crippen LogP contribution < -0.4 is 5.73 Å². The van der Waals surface area contributed by atoms with Crippen LogP contribution in [0.25, 0.3) is 0 Å². The molecule has 0 saturated heterocycles. The van der Waals surface area contributed by atoms with Gasteiger partial charge in [-0.1, -0.05) is 194 Å². The summed E-state index contributed by atoms with van der Waals surface area (Å²) < 4.78 is 0. The van der Waals surface area contributed by atoms with E-state index in [-0.39, 0.29) is 58.8 Å². The van der Waals surface area contributed by atoms with Crippen molar-refractivity contribution in [2.45, 2.75) is 238 Å². The number of carboxylic acids is 1. The fourth-order valence-corrected chi connectivity index (χ4v) is 5.49. The van der Waals surface area contributed by atoms with Gasteiger partial charge in [-0.15, -0.1) is 0 Å². The highest BCUT2D eigenvalue weighted by Gasteiger charge is 1.99. The van der Waals surface area contributed by atoms with Gasteiger partial charge in [-0.2, -0.15) is 0 Å². The second-order valence-corrected chi connectivity index (χ2v) is 15.8. The van der Waals surface area contributed by atoms with Crippen molar-refractivity contribution in [1.29, 1.82) is 0 Å². The summed E-state index contributed by atoms with van der Waals surface area (Å²) in [7, 11) is 0. The molecule has 0 aromatic rings. The average Bonchev–Trinajstić information content (AvgIpc) is 3.28. The molecule has 380 valence electrons. The van der Waals surface area contributed by atoms with Gasteiger partial charge in [0.1, 0.15) is 18.3 Å². The van der Waals surface area contributed by atoms with E-state index in [0.717, 1.165) is 19.3 Å². The summed E-state index contributed by atoms with van der Waals surface area (Å²) in [5.74, 6) is -0.806. The van der Waals surface area contributed by atoms with E-state index < -0.39 is 24.3 Å². The van der Waals surface area contributed by atoms with Gasteiger partial charge in [0.2, 0.25) is 5.91 Å². The lowest BCUT2D eigenvalue weighted by molar-refractivity contribution is -0.137. The molecule has 0 aromatic heterocycles. The van der Waals surface area contributed by atoms with E-state index in [1.54, 1.807) is 0 Å². The number of unbranched alkanes of at least 4 members (excludes halogenated alkanes) is 28. The van der Waals surface area contributed by atoms with Crippen molar-refractivity contribution in [2.24, 2.45) is 5.73 Å². The Morgan fingerprint density at radius 1 is 0.339 bits per heavy atom. The molecule has 0 bridgehead atoms. The molecule has 0 rings (SSSR count). The van der Waals surface area contributed by atoms with Crippen molar-refractivity contribution in [2.75, 3.05) is 52.9 Å². The fourth-order valence-electron chi connectivity index (χ4n) is 5.49. The molecule has 0 fully saturated rings. The Hall–Kier alpha value is -1.50. The number of amides is 1. The Labute approximate surface area is 378 Å². The molecule has 0 spiro atoms. The summed E-state index contributed by atoms with van der Waals surface area (Å²) in [6.07, 6.45) is 38.2. The zero-order valence-electron chi connectivity index (χ0n) is 39.8. The average molecular weight is 906 g/mol. The normalized spacial score (nSPS) is 10.4. The summed E-state index contributed by atoms with van der Waals surface area (Å²) in [4.78, 5) is 20.9. The third-order valence-electron chi connectivity index (χ3n) is 9.39. The Balaban J connectivity index is -0.000000171. The number of carbonyl (C=O) groups excluding carboxylic acids is 1. The van der Waals surface area contributed by atoms with Crippen molar-refractivity contribution in [3.05, 3.63) is 0 Å². The minimum Gasteiger partial charge on any atom is -0.481 e. The Morgan fingerprint density at radius 3 is 0.645 bits per heavy atom. The zero-order chi connectivity index (χ0) is 48.2. The topological polar surface area (TPSA) is 303 Å². The molecular formula is C47H103NO14. The third kappa shape index (κ3) is 93.4. The van der Waals surface area contributed by atoms with Gasteiger partial charge in [-0.05, 0) is 12.8 Å². The largest absolute Gasteiger partial charge is 0.481 e. The Morgan fingerprint density at radius 2 is 0.516 bits per heavy atom. The molecule has 0 radical (unpaired) electrons.